The Labute approximate surface area is 92.7 Å². The first-order chi connectivity index (χ1) is 7.15. The van der Waals surface area contributed by atoms with Crippen LogP contribution in [0.3, 0.4) is 0 Å². The second kappa shape index (κ2) is 5.50. The number of rotatable bonds is 5. The lowest BCUT2D eigenvalue weighted by Crippen LogP contribution is -2.43. The van der Waals surface area contributed by atoms with Gasteiger partial charge >= 0.3 is 6.18 Å². The summed E-state index contributed by atoms with van der Waals surface area (Å²) in [7, 11) is -4.19. The van der Waals surface area contributed by atoms with Crippen LogP contribution in [0.2, 0.25) is 0 Å². The fourth-order valence-corrected chi connectivity index (χ4v) is 2.38. The third-order valence-corrected chi connectivity index (χ3v) is 3.85. The molecule has 0 fully saturated rings. The molecule has 94 valence electrons. The van der Waals surface area contributed by atoms with Gasteiger partial charge in [0.25, 0.3) is 0 Å². The molecule has 0 saturated heterocycles. The van der Waals surface area contributed by atoms with E-state index in [9.17, 15) is 21.6 Å². The van der Waals surface area contributed by atoms with E-state index in [0.717, 1.165) is 6.92 Å². The standard InChI is InChI=1S/C8H13F3N2O2S/c1-3-4-13(6-8(9,10)11)16(14,15)7(2)5-12/h7H,3-4,6H2,1-2H3. The molecule has 0 aromatic carbocycles. The second-order valence-electron chi connectivity index (χ2n) is 3.27. The smallest absolute Gasteiger partial charge is 0.211 e. The summed E-state index contributed by atoms with van der Waals surface area (Å²) in [4.78, 5) is 0. The normalized spacial score (nSPS) is 14.8. The highest BCUT2D eigenvalue weighted by molar-refractivity contribution is 7.89. The van der Waals surface area contributed by atoms with E-state index < -0.39 is 28.0 Å². The quantitative estimate of drug-likeness (QED) is 0.750. The van der Waals surface area contributed by atoms with E-state index in [4.69, 9.17) is 5.26 Å². The Balaban J connectivity index is 5.00. The van der Waals surface area contributed by atoms with Crippen molar-refractivity contribution in [3.05, 3.63) is 0 Å². The van der Waals surface area contributed by atoms with Gasteiger partial charge in [0.2, 0.25) is 10.0 Å². The molecule has 0 aromatic heterocycles. The van der Waals surface area contributed by atoms with Crippen LogP contribution in [0.25, 0.3) is 0 Å². The van der Waals surface area contributed by atoms with Crippen LogP contribution in [-0.2, 0) is 10.0 Å². The number of hydrogen-bond donors (Lipinski definition) is 0. The van der Waals surface area contributed by atoms with Crippen molar-refractivity contribution in [2.45, 2.75) is 31.7 Å². The van der Waals surface area contributed by atoms with Gasteiger partial charge in [-0.3, -0.25) is 0 Å². The Hall–Kier alpha value is -0.810. The van der Waals surface area contributed by atoms with Crippen molar-refractivity contribution >= 4 is 10.0 Å². The summed E-state index contributed by atoms with van der Waals surface area (Å²) < 4.78 is 59.8. The number of nitrogens with zero attached hydrogens (tertiary/aromatic N) is 2. The molecular formula is C8H13F3N2O2S. The van der Waals surface area contributed by atoms with Crippen LogP contribution in [-0.4, -0.2) is 37.2 Å². The number of alkyl halides is 3. The van der Waals surface area contributed by atoms with Crippen molar-refractivity contribution < 1.29 is 21.6 Å². The highest BCUT2D eigenvalue weighted by Crippen LogP contribution is 2.20. The predicted molar refractivity (Wildman–Crippen MR) is 51.9 cm³/mol. The lowest BCUT2D eigenvalue weighted by atomic mass is 10.5. The maximum absolute atomic E-state index is 12.1. The van der Waals surface area contributed by atoms with E-state index in [2.05, 4.69) is 0 Å². The first kappa shape index (κ1) is 15.2. The monoisotopic (exact) mass is 258 g/mol. The molecule has 0 N–H and O–H groups in total. The average molecular weight is 258 g/mol. The molecule has 0 radical (unpaired) electrons. The second-order valence-corrected chi connectivity index (χ2v) is 5.52. The van der Waals surface area contributed by atoms with Crippen molar-refractivity contribution in [2.75, 3.05) is 13.1 Å². The number of hydrogen-bond acceptors (Lipinski definition) is 3. The highest BCUT2D eigenvalue weighted by Gasteiger charge is 2.38. The molecule has 0 heterocycles. The van der Waals surface area contributed by atoms with Crippen LogP contribution >= 0.6 is 0 Å². The van der Waals surface area contributed by atoms with E-state index in [0.29, 0.717) is 4.31 Å². The first-order valence-corrected chi connectivity index (χ1v) is 6.10. The SMILES string of the molecule is CCCN(CC(F)(F)F)S(=O)(=O)C(C)C#N. The molecule has 8 heteroatoms. The van der Waals surface area contributed by atoms with Crippen molar-refractivity contribution in [2.24, 2.45) is 0 Å². The lowest BCUT2D eigenvalue weighted by molar-refractivity contribution is -0.136. The maximum Gasteiger partial charge on any atom is 0.402 e. The van der Waals surface area contributed by atoms with E-state index in [1.54, 1.807) is 6.92 Å². The van der Waals surface area contributed by atoms with Crippen LogP contribution in [0.1, 0.15) is 20.3 Å². The predicted octanol–water partition coefficient (Wildman–Crippen LogP) is 1.50. The molecule has 0 amide bonds. The van der Waals surface area contributed by atoms with Gasteiger partial charge in [0, 0.05) is 6.54 Å². The largest absolute Gasteiger partial charge is 0.402 e. The lowest BCUT2D eigenvalue weighted by Gasteiger charge is -2.23. The highest BCUT2D eigenvalue weighted by atomic mass is 32.2. The summed E-state index contributed by atoms with van der Waals surface area (Å²) >= 11 is 0. The molecular weight excluding hydrogens is 245 g/mol. The molecule has 0 bridgehead atoms. The van der Waals surface area contributed by atoms with Crippen molar-refractivity contribution in [3.8, 4) is 6.07 Å². The Morgan fingerprint density at radius 1 is 1.44 bits per heavy atom. The summed E-state index contributed by atoms with van der Waals surface area (Å²) in [5, 5.41) is 6.98. The van der Waals surface area contributed by atoms with Crippen LogP contribution in [0.4, 0.5) is 13.2 Å². The van der Waals surface area contributed by atoms with Gasteiger partial charge in [-0.1, -0.05) is 6.92 Å². The molecule has 0 saturated carbocycles. The summed E-state index contributed by atoms with van der Waals surface area (Å²) in [6, 6.07) is 1.43. The van der Waals surface area contributed by atoms with E-state index >= 15 is 0 Å². The van der Waals surface area contributed by atoms with Gasteiger partial charge in [0.1, 0.15) is 6.54 Å². The molecule has 0 rings (SSSR count). The number of nitriles is 1. The number of sulfonamides is 1. The van der Waals surface area contributed by atoms with Crippen molar-refractivity contribution in [1.29, 1.82) is 5.26 Å². The zero-order chi connectivity index (χ0) is 13.0. The molecule has 0 aromatic rings. The summed E-state index contributed by atoms with van der Waals surface area (Å²) in [5.41, 5.74) is 0. The minimum Gasteiger partial charge on any atom is -0.211 e. The Bertz CT molecular complexity index is 358. The van der Waals surface area contributed by atoms with Gasteiger partial charge in [0.05, 0.1) is 6.07 Å². The zero-order valence-corrected chi connectivity index (χ0v) is 9.77. The van der Waals surface area contributed by atoms with Crippen molar-refractivity contribution in [1.82, 2.24) is 4.31 Å². The molecule has 0 aliphatic heterocycles. The minimum atomic E-state index is -4.60. The average Bonchev–Trinajstić information content (AvgIpc) is 2.13. The van der Waals surface area contributed by atoms with E-state index in [1.807, 2.05) is 0 Å². The fourth-order valence-electron chi connectivity index (χ4n) is 1.04. The summed E-state index contributed by atoms with van der Waals surface area (Å²) in [5.74, 6) is 0. The van der Waals surface area contributed by atoms with Crippen LogP contribution in [0, 0.1) is 11.3 Å². The third kappa shape index (κ3) is 4.37. The third-order valence-electron chi connectivity index (χ3n) is 1.82. The fraction of sp³-hybridized carbons (Fsp3) is 0.875. The molecule has 1 unspecified atom stereocenters. The van der Waals surface area contributed by atoms with Crippen LogP contribution in [0.15, 0.2) is 0 Å². The molecule has 4 nitrogen and oxygen atoms in total. The van der Waals surface area contributed by atoms with E-state index in [1.165, 1.54) is 6.07 Å². The molecule has 0 spiro atoms. The van der Waals surface area contributed by atoms with Gasteiger partial charge in [-0.05, 0) is 13.3 Å². The first-order valence-electron chi connectivity index (χ1n) is 4.60. The maximum atomic E-state index is 12.1. The Morgan fingerprint density at radius 2 is 1.94 bits per heavy atom. The van der Waals surface area contributed by atoms with E-state index in [-0.39, 0.29) is 13.0 Å². The van der Waals surface area contributed by atoms with Gasteiger partial charge in [0.15, 0.2) is 5.25 Å². The van der Waals surface area contributed by atoms with Gasteiger partial charge < -0.3 is 0 Å². The van der Waals surface area contributed by atoms with Gasteiger partial charge in [-0.15, -0.1) is 0 Å². The molecule has 1 atom stereocenters. The molecule has 0 aliphatic carbocycles. The number of halogens is 3. The minimum absolute atomic E-state index is 0.242. The summed E-state index contributed by atoms with van der Waals surface area (Å²) in [6.45, 7) is 0.841. The molecule has 0 aliphatic rings. The van der Waals surface area contributed by atoms with Gasteiger partial charge in [-0.2, -0.15) is 22.7 Å². The van der Waals surface area contributed by atoms with Crippen molar-refractivity contribution in [3.63, 3.8) is 0 Å². The Kier molecular flexibility index (Phi) is 5.22. The van der Waals surface area contributed by atoms with Crippen LogP contribution < -0.4 is 0 Å². The topological polar surface area (TPSA) is 61.2 Å². The summed E-state index contributed by atoms with van der Waals surface area (Å²) in [6.07, 6.45) is -4.34. The van der Waals surface area contributed by atoms with Crippen LogP contribution in [0.5, 0.6) is 0 Å². The molecule has 16 heavy (non-hydrogen) atoms. The van der Waals surface area contributed by atoms with Gasteiger partial charge in [-0.25, -0.2) is 8.42 Å². The Morgan fingerprint density at radius 3 is 2.25 bits per heavy atom. The zero-order valence-electron chi connectivity index (χ0n) is 8.95.